The quantitative estimate of drug-likeness (QED) is 0.110. The highest BCUT2D eigenvalue weighted by Gasteiger charge is 2.49. The fourth-order valence-corrected chi connectivity index (χ4v) is 16.0. The van der Waals surface area contributed by atoms with Crippen LogP contribution in [0.3, 0.4) is 0 Å². The fraction of sp³-hybridized carbons (Fsp3) is 0.0328. The zero-order valence-electron chi connectivity index (χ0n) is 34.8. The van der Waals surface area contributed by atoms with Crippen LogP contribution in [0.2, 0.25) is 0 Å². The van der Waals surface area contributed by atoms with Crippen molar-refractivity contribution in [3.05, 3.63) is 282 Å². The minimum atomic E-state index is -3.00. The van der Waals surface area contributed by atoms with Gasteiger partial charge in [0.2, 0.25) is 0 Å². The van der Waals surface area contributed by atoms with Gasteiger partial charge in [-0.1, -0.05) is 237 Å². The van der Waals surface area contributed by atoms with Crippen LogP contribution in [-0.2, 0) is 0 Å². The predicted molar refractivity (Wildman–Crippen MR) is 264 cm³/mol. The molecule has 63 heavy (non-hydrogen) atoms. The van der Waals surface area contributed by atoms with Gasteiger partial charge in [0.05, 0.1) is 11.4 Å². The van der Waals surface area contributed by atoms with Crippen LogP contribution in [0.4, 0.5) is 0 Å². The topological polar surface area (TPSA) is 12.9 Å². The third kappa shape index (κ3) is 6.02. The van der Waals surface area contributed by atoms with Crippen LogP contribution in [0.25, 0.3) is 44.8 Å². The minimum absolute atomic E-state index is 0.0139. The summed E-state index contributed by atoms with van der Waals surface area (Å²) in [5.41, 5.74) is 17.6. The Labute approximate surface area is 370 Å². The summed E-state index contributed by atoms with van der Waals surface area (Å²) in [4.78, 5) is 5.31. The van der Waals surface area contributed by atoms with E-state index >= 15 is 0 Å². The molecule has 0 saturated heterocycles. The van der Waals surface area contributed by atoms with Gasteiger partial charge in [-0.05, 0) is 88.5 Å². The van der Waals surface area contributed by atoms with E-state index in [9.17, 15) is 0 Å². The highest BCUT2D eigenvalue weighted by atomic mass is 28.3. The average molecular weight is 818 g/mol. The molecule has 2 bridgehead atoms. The second-order valence-electron chi connectivity index (χ2n) is 16.9. The van der Waals surface area contributed by atoms with Gasteiger partial charge < -0.3 is 0 Å². The van der Waals surface area contributed by atoms with Crippen molar-refractivity contribution in [3.8, 4) is 44.8 Å². The summed E-state index contributed by atoms with van der Waals surface area (Å²) in [6.45, 7) is 0. The maximum atomic E-state index is 5.31. The number of pyridine rings is 1. The molecule has 13 rings (SSSR count). The lowest BCUT2D eigenvalue weighted by atomic mass is 9.60. The summed E-state index contributed by atoms with van der Waals surface area (Å²) in [6.07, 6.45) is 0. The maximum Gasteiger partial charge on any atom is 0.179 e. The molecule has 2 unspecified atom stereocenters. The standard InChI is InChI=1S/C61H43NSi/c1-6-20-42(21-7-1)43-36-38-49(39-37-43)63(47-26-12-4-13-27-47,48-28-14-5-15-29-48)57-35-19-34-54-58-51-30-16-17-31-52(51)61(60(54)57)59-50(32-18-33-53(58)59)46-40-55(44-22-8-2-9-23-44)62-56(41-46)45-24-10-3-11-25-45/h1-41,58,61H. The van der Waals surface area contributed by atoms with E-state index in [2.05, 4.69) is 249 Å². The van der Waals surface area contributed by atoms with Crippen molar-refractivity contribution in [2.45, 2.75) is 11.8 Å². The molecule has 2 heteroatoms. The van der Waals surface area contributed by atoms with Crippen molar-refractivity contribution >= 4 is 28.8 Å². The Balaban J connectivity index is 1.15. The molecule has 0 radical (unpaired) electrons. The summed E-state index contributed by atoms with van der Waals surface area (Å²) < 4.78 is 0. The van der Waals surface area contributed by atoms with Crippen LogP contribution in [0, 0.1) is 0 Å². The van der Waals surface area contributed by atoms with Crippen LogP contribution < -0.4 is 20.7 Å². The van der Waals surface area contributed by atoms with Crippen molar-refractivity contribution < 1.29 is 0 Å². The van der Waals surface area contributed by atoms with Crippen LogP contribution in [0.1, 0.15) is 45.2 Å². The van der Waals surface area contributed by atoms with E-state index in [-0.39, 0.29) is 11.8 Å². The zero-order chi connectivity index (χ0) is 41.7. The van der Waals surface area contributed by atoms with Gasteiger partial charge in [-0.2, -0.15) is 0 Å². The third-order valence-electron chi connectivity index (χ3n) is 13.6. The first kappa shape index (κ1) is 37.1. The van der Waals surface area contributed by atoms with Gasteiger partial charge in [0.15, 0.2) is 8.07 Å². The monoisotopic (exact) mass is 817 g/mol. The van der Waals surface area contributed by atoms with E-state index < -0.39 is 8.07 Å². The number of hydrogen-bond donors (Lipinski definition) is 0. The molecule has 10 aromatic rings. The minimum Gasteiger partial charge on any atom is -0.248 e. The number of aromatic nitrogens is 1. The average Bonchev–Trinajstić information content (AvgIpc) is 3.38. The molecule has 0 saturated carbocycles. The van der Waals surface area contributed by atoms with Crippen LogP contribution in [0.5, 0.6) is 0 Å². The summed E-state index contributed by atoms with van der Waals surface area (Å²) in [5, 5.41) is 5.61. The van der Waals surface area contributed by atoms with Gasteiger partial charge in [-0.3, -0.25) is 0 Å². The van der Waals surface area contributed by atoms with Crippen molar-refractivity contribution in [2.24, 2.45) is 0 Å². The summed E-state index contributed by atoms with van der Waals surface area (Å²) in [5.74, 6) is 0.110. The maximum absolute atomic E-state index is 5.31. The molecule has 296 valence electrons. The lowest BCUT2D eigenvalue weighted by Crippen LogP contribution is -2.75. The van der Waals surface area contributed by atoms with E-state index in [1.807, 2.05) is 0 Å². The van der Waals surface area contributed by atoms with Crippen LogP contribution in [0.15, 0.2) is 249 Å². The van der Waals surface area contributed by atoms with Crippen LogP contribution in [-0.4, -0.2) is 13.1 Å². The molecule has 1 nitrogen and oxygen atoms in total. The Kier molecular flexibility index (Phi) is 9.05. The summed E-state index contributed by atoms with van der Waals surface area (Å²) in [6, 6.07) is 92.7. The van der Waals surface area contributed by atoms with Gasteiger partial charge in [-0.25, -0.2) is 4.98 Å². The van der Waals surface area contributed by atoms with E-state index in [1.165, 1.54) is 76.4 Å². The van der Waals surface area contributed by atoms with Crippen molar-refractivity contribution in [3.63, 3.8) is 0 Å². The summed E-state index contributed by atoms with van der Waals surface area (Å²) >= 11 is 0. The SMILES string of the molecule is c1ccc(-c2ccc([Si](c3ccccc3)(c3ccccc3)c3cccc4c3C3c5ccccc5C4c4cccc(-c5cc(-c6ccccc6)nc(-c6ccccc6)c5)c43)cc2)cc1. The second-order valence-corrected chi connectivity index (χ2v) is 20.7. The number of rotatable bonds is 8. The lowest BCUT2D eigenvalue weighted by Gasteiger charge is -2.47. The Morgan fingerprint density at radius 3 is 1.25 bits per heavy atom. The molecule has 1 heterocycles. The highest BCUT2D eigenvalue weighted by molar-refractivity contribution is 7.20. The highest BCUT2D eigenvalue weighted by Crippen LogP contribution is 2.57. The molecular formula is C61H43NSi. The molecule has 2 atom stereocenters. The molecule has 3 aliphatic carbocycles. The van der Waals surface area contributed by atoms with Crippen molar-refractivity contribution in [1.82, 2.24) is 4.98 Å². The number of benzene rings is 9. The largest absolute Gasteiger partial charge is 0.248 e. The predicted octanol–water partition coefficient (Wildman–Crippen LogP) is 12.1. The molecule has 9 aromatic carbocycles. The van der Waals surface area contributed by atoms with Crippen molar-refractivity contribution in [2.75, 3.05) is 0 Å². The van der Waals surface area contributed by atoms with Gasteiger partial charge in [-0.15, -0.1) is 0 Å². The smallest absolute Gasteiger partial charge is 0.179 e. The van der Waals surface area contributed by atoms with E-state index in [0.717, 1.165) is 22.5 Å². The molecule has 0 fully saturated rings. The number of nitrogens with zero attached hydrogens (tertiary/aromatic N) is 1. The molecule has 1 aromatic heterocycles. The van der Waals surface area contributed by atoms with E-state index in [0.29, 0.717) is 0 Å². The Morgan fingerprint density at radius 1 is 0.286 bits per heavy atom. The van der Waals surface area contributed by atoms with Gasteiger partial charge in [0, 0.05) is 23.0 Å². The normalized spacial score (nSPS) is 14.7. The molecule has 0 aliphatic heterocycles. The van der Waals surface area contributed by atoms with E-state index in [1.54, 1.807) is 0 Å². The fourth-order valence-electron chi connectivity index (χ4n) is 11.0. The van der Waals surface area contributed by atoms with Crippen molar-refractivity contribution in [1.29, 1.82) is 0 Å². The van der Waals surface area contributed by atoms with Gasteiger partial charge >= 0.3 is 0 Å². The second kappa shape index (κ2) is 15.4. The number of hydrogen-bond acceptors (Lipinski definition) is 1. The van der Waals surface area contributed by atoms with Gasteiger partial charge in [0.1, 0.15) is 0 Å². The first-order valence-corrected chi connectivity index (χ1v) is 24.0. The zero-order valence-corrected chi connectivity index (χ0v) is 35.8. The lowest BCUT2D eigenvalue weighted by molar-refractivity contribution is 0.760. The van der Waals surface area contributed by atoms with E-state index in [4.69, 9.17) is 4.98 Å². The van der Waals surface area contributed by atoms with Crippen LogP contribution >= 0.6 is 0 Å². The first-order valence-electron chi connectivity index (χ1n) is 22.0. The Bertz CT molecular complexity index is 3160. The molecule has 0 N–H and O–H groups in total. The Hall–Kier alpha value is -7.65. The molecule has 0 amide bonds. The molecular weight excluding hydrogens is 775 g/mol. The molecule has 0 spiro atoms. The summed E-state index contributed by atoms with van der Waals surface area (Å²) in [7, 11) is -3.00. The third-order valence-corrected chi connectivity index (χ3v) is 18.5. The van der Waals surface area contributed by atoms with Gasteiger partial charge in [0.25, 0.3) is 0 Å². The first-order chi connectivity index (χ1) is 31.3. The molecule has 3 aliphatic rings. The Morgan fingerprint density at radius 2 is 0.698 bits per heavy atom.